The van der Waals surface area contributed by atoms with Crippen molar-refractivity contribution < 1.29 is 4.79 Å². The summed E-state index contributed by atoms with van der Waals surface area (Å²) in [5.41, 5.74) is 3.39. The number of imidazole rings is 1. The first-order valence-corrected chi connectivity index (χ1v) is 10.7. The fourth-order valence-corrected chi connectivity index (χ4v) is 5.14. The molecule has 6 heteroatoms. The minimum Gasteiger partial charge on any atom is -0.349 e. The number of piperidine rings is 1. The molecule has 1 unspecified atom stereocenters. The molecule has 1 saturated heterocycles. The van der Waals surface area contributed by atoms with Crippen molar-refractivity contribution in [1.82, 2.24) is 24.3 Å². The average Bonchev–Trinajstić information content (AvgIpc) is 3.05. The Labute approximate surface area is 167 Å². The summed E-state index contributed by atoms with van der Waals surface area (Å²) in [6, 6.07) is 2.39. The second kappa shape index (κ2) is 7.39. The maximum atomic E-state index is 13.7. The zero-order valence-electron chi connectivity index (χ0n) is 17.7. The van der Waals surface area contributed by atoms with E-state index in [2.05, 4.69) is 58.1 Å². The van der Waals surface area contributed by atoms with E-state index in [1.807, 2.05) is 12.4 Å². The highest BCUT2D eigenvalue weighted by molar-refractivity contribution is 5.96. The lowest BCUT2D eigenvalue weighted by molar-refractivity contribution is 0.0684. The van der Waals surface area contributed by atoms with Crippen molar-refractivity contribution in [2.24, 2.45) is 5.41 Å². The molecule has 4 rings (SSSR count). The van der Waals surface area contributed by atoms with E-state index in [-0.39, 0.29) is 5.91 Å². The number of amides is 1. The first-order chi connectivity index (χ1) is 13.5. The highest BCUT2D eigenvalue weighted by Gasteiger charge is 2.58. The molecule has 1 amide bonds. The summed E-state index contributed by atoms with van der Waals surface area (Å²) >= 11 is 0. The Morgan fingerprint density at radius 2 is 2.04 bits per heavy atom. The summed E-state index contributed by atoms with van der Waals surface area (Å²) in [7, 11) is 0. The quantitative estimate of drug-likeness (QED) is 0.834. The van der Waals surface area contributed by atoms with Gasteiger partial charge in [0.05, 0.1) is 12.1 Å². The lowest BCUT2D eigenvalue weighted by Crippen LogP contribution is -2.39. The molecule has 1 saturated carbocycles. The Morgan fingerprint density at radius 1 is 1.29 bits per heavy atom. The molecule has 3 heterocycles. The molecule has 0 radical (unpaired) electrons. The largest absolute Gasteiger partial charge is 0.349 e. The number of hydrogen-bond acceptors (Lipinski definition) is 3. The Balaban J connectivity index is 1.66. The zero-order chi connectivity index (χ0) is 19.9. The van der Waals surface area contributed by atoms with Gasteiger partial charge < -0.3 is 19.4 Å². The molecule has 152 valence electrons. The summed E-state index contributed by atoms with van der Waals surface area (Å²) in [5.74, 6) is 1.15. The van der Waals surface area contributed by atoms with Crippen LogP contribution in [0.4, 0.5) is 0 Å². The molecular weight excluding hydrogens is 350 g/mol. The van der Waals surface area contributed by atoms with Crippen molar-refractivity contribution in [2.45, 2.75) is 72.6 Å². The molecule has 1 N–H and O–H groups in total. The maximum absolute atomic E-state index is 13.7. The Morgan fingerprint density at radius 3 is 2.68 bits per heavy atom. The van der Waals surface area contributed by atoms with Gasteiger partial charge in [0.2, 0.25) is 0 Å². The van der Waals surface area contributed by atoms with Crippen LogP contribution in [0.2, 0.25) is 0 Å². The van der Waals surface area contributed by atoms with Gasteiger partial charge in [-0.15, -0.1) is 0 Å². The van der Waals surface area contributed by atoms with Gasteiger partial charge in [0, 0.05) is 42.9 Å². The summed E-state index contributed by atoms with van der Waals surface area (Å²) in [6.45, 7) is 12.9. The second-order valence-corrected chi connectivity index (χ2v) is 8.42. The van der Waals surface area contributed by atoms with Crippen molar-refractivity contribution in [2.75, 3.05) is 13.1 Å². The van der Waals surface area contributed by atoms with Crippen LogP contribution in [0, 0.1) is 19.3 Å². The van der Waals surface area contributed by atoms with Gasteiger partial charge in [-0.25, -0.2) is 4.98 Å². The number of nitrogens with zero attached hydrogens (tertiary/aromatic N) is 4. The number of rotatable bonds is 6. The molecule has 2 aliphatic rings. The zero-order valence-corrected chi connectivity index (χ0v) is 17.7. The number of hydrogen-bond donors (Lipinski definition) is 1. The molecule has 2 aromatic rings. The minimum absolute atomic E-state index is 0.166. The predicted octanol–water partition coefficient (Wildman–Crippen LogP) is 3.13. The van der Waals surface area contributed by atoms with Crippen LogP contribution in [0.25, 0.3) is 0 Å². The SMILES string of the molecule is CCn1ccnc1CN(C(=O)c1cc(C)n(CC)c1C)C1CC12CCNCC2. The minimum atomic E-state index is 0.166. The number of carbonyl (C=O) groups excluding carboxylic acids is 1. The highest BCUT2D eigenvalue weighted by atomic mass is 16.2. The van der Waals surface area contributed by atoms with Gasteiger partial charge in [-0.3, -0.25) is 4.79 Å². The molecule has 1 atom stereocenters. The van der Waals surface area contributed by atoms with Gasteiger partial charge in [-0.2, -0.15) is 0 Å². The number of carbonyl (C=O) groups is 1. The Kier molecular flexibility index (Phi) is 5.08. The van der Waals surface area contributed by atoms with E-state index in [0.717, 1.165) is 68.2 Å². The molecule has 0 aromatic carbocycles. The molecule has 28 heavy (non-hydrogen) atoms. The van der Waals surface area contributed by atoms with Crippen LogP contribution < -0.4 is 5.32 Å². The maximum Gasteiger partial charge on any atom is 0.256 e. The van der Waals surface area contributed by atoms with Gasteiger partial charge in [0.25, 0.3) is 5.91 Å². The van der Waals surface area contributed by atoms with Crippen LogP contribution in [0.15, 0.2) is 18.5 Å². The summed E-state index contributed by atoms with van der Waals surface area (Å²) < 4.78 is 4.37. The molecule has 1 spiro atoms. The van der Waals surface area contributed by atoms with Crippen molar-refractivity contribution in [1.29, 1.82) is 0 Å². The predicted molar refractivity (Wildman–Crippen MR) is 110 cm³/mol. The van der Waals surface area contributed by atoms with E-state index >= 15 is 0 Å². The van der Waals surface area contributed by atoms with Gasteiger partial charge in [-0.05, 0) is 71.5 Å². The van der Waals surface area contributed by atoms with Gasteiger partial charge in [0.1, 0.15) is 5.82 Å². The third-order valence-corrected chi connectivity index (χ3v) is 6.96. The van der Waals surface area contributed by atoms with Crippen LogP contribution >= 0.6 is 0 Å². The lowest BCUT2D eigenvalue weighted by Gasteiger charge is -2.29. The first-order valence-electron chi connectivity index (χ1n) is 10.7. The highest BCUT2D eigenvalue weighted by Crippen LogP contribution is 2.56. The number of aryl methyl sites for hydroxylation is 2. The van der Waals surface area contributed by atoms with Gasteiger partial charge in [0.15, 0.2) is 0 Å². The average molecular weight is 384 g/mol. The van der Waals surface area contributed by atoms with Crippen molar-refractivity contribution in [3.63, 3.8) is 0 Å². The third-order valence-electron chi connectivity index (χ3n) is 6.96. The molecule has 2 fully saturated rings. The third kappa shape index (κ3) is 3.17. The van der Waals surface area contributed by atoms with Crippen molar-refractivity contribution in [3.8, 4) is 0 Å². The Bertz CT molecular complexity index is 858. The number of nitrogens with one attached hydrogen (secondary N) is 1. The van der Waals surface area contributed by atoms with Crippen LogP contribution in [-0.2, 0) is 19.6 Å². The summed E-state index contributed by atoms with van der Waals surface area (Å²) in [6.07, 6.45) is 7.31. The standard InChI is InChI=1S/C22H33N5O/c1-5-25-12-11-24-20(25)15-27(19-14-22(19)7-9-23-10-8-22)21(28)18-13-16(3)26(6-2)17(18)4/h11-13,19,23H,5-10,14-15H2,1-4H3. The Hall–Kier alpha value is -2.08. The second-order valence-electron chi connectivity index (χ2n) is 8.42. The van der Waals surface area contributed by atoms with Crippen LogP contribution in [-0.4, -0.2) is 44.1 Å². The van der Waals surface area contributed by atoms with E-state index in [1.54, 1.807) is 0 Å². The number of aromatic nitrogens is 3. The topological polar surface area (TPSA) is 55.1 Å². The fourth-order valence-electron chi connectivity index (χ4n) is 5.14. The smallest absolute Gasteiger partial charge is 0.256 e. The van der Waals surface area contributed by atoms with Gasteiger partial charge in [-0.1, -0.05) is 0 Å². The van der Waals surface area contributed by atoms with Crippen molar-refractivity contribution in [3.05, 3.63) is 41.2 Å². The van der Waals surface area contributed by atoms with Crippen molar-refractivity contribution >= 4 is 5.91 Å². The molecule has 1 aliphatic heterocycles. The molecule has 2 aromatic heterocycles. The van der Waals surface area contributed by atoms with Crippen LogP contribution in [0.1, 0.15) is 60.7 Å². The van der Waals surface area contributed by atoms with Crippen LogP contribution in [0.3, 0.4) is 0 Å². The lowest BCUT2D eigenvalue weighted by atomic mass is 9.93. The van der Waals surface area contributed by atoms with Gasteiger partial charge >= 0.3 is 0 Å². The van der Waals surface area contributed by atoms with E-state index in [9.17, 15) is 4.79 Å². The van der Waals surface area contributed by atoms with E-state index in [4.69, 9.17) is 0 Å². The normalized spacial score (nSPS) is 20.5. The molecule has 6 nitrogen and oxygen atoms in total. The summed E-state index contributed by atoms with van der Waals surface area (Å²) in [4.78, 5) is 20.4. The molecule has 0 bridgehead atoms. The van der Waals surface area contributed by atoms with E-state index in [0.29, 0.717) is 18.0 Å². The summed E-state index contributed by atoms with van der Waals surface area (Å²) in [5, 5.41) is 3.47. The van der Waals surface area contributed by atoms with Crippen LogP contribution in [0.5, 0.6) is 0 Å². The van der Waals surface area contributed by atoms with E-state index in [1.165, 1.54) is 0 Å². The monoisotopic (exact) mass is 383 g/mol. The molecule has 1 aliphatic carbocycles. The molecular formula is C22H33N5O. The van der Waals surface area contributed by atoms with E-state index < -0.39 is 0 Å². The first kappa shape index (κ1) is 19.2. The fraction of sp³-hybridized carbons (Fsp3) is 0.636.